The molecule has 20 heavy (non-hydrogen) atoms. The summed E-state index contributed by atoms with van der Waals surface area (Å²) in [6.07, 6.45) is -3.35. The molecule has 1 rings (SSSR count). The van der Waals surface area contributed by atoms with Gasteiger partial charge in [-0.15, -0.1) is 0 Å². The van der Waals surface area contributed by atoms with Crippen molar-refractivity contribution >= 4 is 11.9 Å². The number of carbonyl (C=O) groups is 2. The molecule has 0 heterocycles. The Balaban J connectivity index is 3.00. The Morgan fingerprint density at radius 2 is 2.00 bits per heavy atom. The molecule has 5 N–H and O–H groups in total. The van der Waals surface area contributed by atoms with E-state index < -0.39 is 24.1 Å². The summed E-state index contributed by atoms with van der Waals surface area (Å²) >= 11 is 0. The van der Waals surface area contributed by atoms with Gasteiger partial charge in [-0.05, 0) is 17.7 Å². The third-order valence-corrected chi connectivity index (χ3v) is 2.76. The van der Waals surface area contributed by atoms with Crippen molar-refractivity contribution in [2.45, 2.75) is 25.0 Å². The molecule has 0 aliphatic carbocycles. The summed E-state index contributed by atoms with van der Waals surface area (Å²) in [6, 6.07) is 4.40. The van der Waals surface area contributed by atoms with Gasteiger partial charge >= 0.3 is 5.97 Å². The highest BCUT2D eigenvalue weighted by Gasteiger charge is 2.21. The maximum absolute atomic E-state index is 10.8. The van der Waals surface area contributed by atoms with E-state index in [-0.39, 0.29) is 18.4 Å². The Hall–Kier alpha value is -2.12. The largest absolute Gasteiger partial charge is 0.496 e. The smallest absolute Gasteiger partial charge is 0.307 e. The highest BCUT2D eigenvalue weighted by atomic mass is 16.5. The molecule has 2 atom stereocenters. The van der Waals surface area contributed by atoms with E-state index in [1.807, 2.05) is 0 Å². The van der Waals surface area contributed by atoms with Crippen LogP contribution in [0.3, 0.4) is 0 Å². The van der Waals surface area contributed by atoms with Crippen molar-refractivity contribution < 1.29 is 29.6 Å². The predicted octanol–water partition coefficient (Wildman–Crippen LogP) is -0.408. The fourth-order valence-electron chi connectivity index (χ4n) is 1.82. The molecule has 0 fully saturated rings. The molecule has 0 saturated heterocycles. The van der Waals surface area contributed by atoms with E-state index in [4.69, 9.17) is 15.6 Å². The fourth-order valence-corrected chi connectivity index (χ4v) is 1.82. The quantitative estimate of drug-likeness (QED) is 0.538. The summed E-state index contributed by atoms with van der Waals surface area (Å²) in [5.41, 5.74) is 5.59. The molecule has 7 nitrogen and oxygen atoms in total. The Bertz CT molecular complexity index is 502. The number of nitrogens with two attached hydrogens (primary N) is 1. The van der Waals surface area contributed by atoms with Crippen LogP contribution < -0.4 is 10.5 Å². The van der Waals surface area contributed by atoms with Gasteiger partial charge in [0.1, 0.15) is 11.9 Å². The van der Waals surface area contributed by atoms with Gasteiger partial charge in [0.2, 0.25) is 5.91 Å². The molecular formula is C13H17NO6. The van der Waals surface area contributed by atoms with Crippen molar-refractivity contribution in [3.63, 3.8) is 0 Å². The van der Waals surface area contributed by atoms with Crippen LogP contribution >= 0.6 is 0 Å². The SMILES string of the molecule is COc1ccc(C(O)C(O)CC(N)=O)cc1CC(=O)O. The first-order valence-electron chi connectivity index (χ1n) is 5.88. The molecular weight excluding hydrogens is 266 g/mol. The molecule has 0 aliphatic rings. The molecule has 1 aromatic carbocycles. The van der Waals surface area contributed by atoms with Gasteiger partial charge in [0.05, 0.1) is 26.1 Å². The van der Waals surface area contributed by atoms with E-state index in [1.165, 1.54) is 25.3 Å². The first-order valence-corrected chi connectivity index (χ1v) is 5.88. The van der Waals surface area contributed by atoms with Crippen molar-refractivity contribution in [3.05, 3.63) is 29.3 Å². The second-order valence-corrected chi connectivity index (χ2v) is 4.32. The lowest BCUT2D eigenvalue weighted by Crippen LogP contribution is -2.25. The number of aliphatic hydroxyl groups is 2. The van der Waals surface area contributed by atoms with Gasteiger partial charge in [-0.1, -0.05) is 6.07 Å². The van der Waals surface area contributed by atoms with Crippen LogP contribution in [0.15, 0.2) is 18.2 Å². The fraction of sp³-hybridized carbons (Fsp3) is 0.385. The number of hydrogen-bond acceptors (Lipinski definition) is 5. The van der Waals surface area contributed by atoms with Crippen LogP contribution in [0.4, 0.5) is 0 Å². The molecule has 0 radical (unpaired) electrons. The van der Waals surface area contributed by atoms with Gasteiger partial charge in [-0.25, -0.2) is 0 Å². The maximum Gasteiger partial charge on any atom is 0.307 e. The second kappa shape index (κ2) is 6.88. The van der Waals surface area contributed by atoms with Gasteiger partial charge in [0.25, 0.3) is 0 Å². The lowest BCUT2D eigenvalue weighted by Gasteiger charge is -2.18. The number of aliphatic hydroxyl groups excluding tert-OH is 2. The Labute approximate surface area is 115 Å². The first-order chi connectivity index (χ1) is 9.35. The second-order valence-electron chi connectivity index (χ2n) is 4.32. The summed E-state index contributed by atoms with van der Waals surface area (Å²) in [5.74, 6) is -1.42. The Kier molecular flexibility index (Phi) is 5.48. The molecule has 1 aromatic rings. The Morgan fingerprint density at radius 1 is 1.35 bits per heavy atom. The normalized spacial score (nSPS) is 13.6. The van der Waals surface area contributed by atoms with Gasteiger partial charge < -0.3 is 25.8 Å². The van der Waals surface area contributed by atoms with E-state index in [0.29, 0.717) is 11.3 Å². The molecule has 2 unspecified atom stereocenters. The zero-order valence-electron chi connectivity index (χ0n) is 10.9. The van der Waals surface area contributed by atoms with Crippen LogP contribution in [-0.4, -0.2) is 40.4 Å². The monoisotopic (exact) mass is 283 g/mol. The Morgan fingerprint density at radius 3 is 2.50 bits per heavy atom. The van der Waals surface area contributed by atoms with Gasteiger partial charge in [0.15, 0.2) is 0 Å². The number of carboxylic acids is 1. The molecule has 0 aromatic heterocycles. The molecule has 0 spiro atoms. The number of carbonyl (C=O) groups excluding carboxylic acids is 1. The molecule has 0 aliphatic heterocycles. The number of aliphatic carboxylic acids is 1. The topological polar surface area (TPSA) is 130 Å². The zero-order valence-corrected chi connectivity index (χ0v) is 10.9. The number of carboxylic acid groups (broad SMARTS) is 1. The number of methoxy groups -OCH3 is 1. The van der Waals surface area contributed by atoms with Crippen LogP contribution in [-0.2, 0) is 16.0 Å². The lowest BCUT2D eigenvalue weighted by molar-refractivity contribution is -0.136. The zero-order chi connectivity index (χ0) is 15.3. The lowest BCUT2D eigenvalue weighted by atomic mass is 9.98. The van der Waals surface area contributed by atoms with E-state index in [2.05, 4.69) is 0 Å². The number of hydrogen-bond donors (Lipinski definition) is 4. The first kappa shape index (κ1) is 15.9. The predicted molar refractivity (Wildman–Crippen MR) is 69.1 cm³/mol. The third-order valence-electron chi connectivity index (χ3n) is 2.76. The molecule has 7 heteroatoms. The van der Waals surface area contributed by atoms with Crippen molar-refractivity contribution in [2.75, 3.05) is 7.11 Å². The number of amides is 1. The van der Waals surface area contributed by atoms with Gasteiger partial charge in [-0.2, -0.15) is 0 Å². The van der Waals surface area contributed by atoms with E-state index >= 15 is 0 Å². The van der Waals surface area contributed by atoms with Gasteiger partial charge in [-0.3, -0.25) is 9.59 Å². The summed E-state index contributed by atoms with van der Waals surface area (Å²) in [4.78, 5) is 21.5. The summed E-state index contributed by atoms with van der Waals surface area (Å²) < 4.78 is 5.02. The molecule has 0 saturated carbocycles. The standard InChI is InChI=1S/C13H17NO6/c1-20-10-3-2-7(4-8(10)5-12(17)18)13(19)9(15)6-11(14)16/h2-4,9,13,15,19H,5-6H2,1H3,(H2,14,16)(H,17,18). The van der Waals surface area contributed by atoms with Crippen molar-refractivity contribution in [2.24, 2.45) is 5.73 Å². The highest BCUT2D eigenvalue weighted by Crippen LogP contribution is 2.26. The number of benzene rings is 1. The van der Waals surface area contributed by atoms with Crippen molar-refractivity contribution in [3.8, 4) is 5.75 Å². The van der Waals surface area contributed by atoms with Crippen LogP contribution in [0, 0.1) is 0 Å². The number of ether oxygens (including phenoxy) is 1. The van der Waals surface area contributed by atoms with Crippen molar-refractivity contribution in [1.82, 2.24) is 0 Å². The van der Waals surface area contributed by atoms with Crippen LogP contribution in [0.25, 0.3) is 0 Å². The minimum absolute atomic E-state index is 0.282. The van der Waals surface area contributed by atoms with Crippen LogP contribution in [0.2, 0.25) is 0 Å². The van der Waals surface area contributed by atoms with Crippen LogP contribution in [0.1, 0.15) is 23.7 Å². The summed E-state index contributed by atoms with van der Waals surface area (Å²) in [6.45, 7) is 0. The minimum atomic E-state index is -1.35. The van der Waals surface area contributed by atoms with E-state index in [0.717, 1.165) is 0 Å². The average Bonchev–Trinajstić information content (AvgIpc) is 2.36. The molecule has 110 valence electrons. The van der Waals surface area contributed by atoms with Crippen molar-refractivity contribution in [1.29, 1.82) is 0 Å². The van der Waals surface area contributed by atoms with E-state index in [1.54, 1.807) is 0 Å². The highest BCUT2D eigenvalue weighted by molar-refractivity contribution is 5.74. The van der Waals surface area contributed by atoms with Gasteiger partial charge in [0, 0.05) is 5.56 Å². The molecule has 0 bridgehead atoms. The number of primary amides is 1. The average molecular weight is 283 g/mol. The van der Waals surface area contributed by atoms with Crippen LogP contribution in [0.5, 0.6) is 5.75 Å². The minimum Gasteiger partial charge on any atom is -0.496 e. The molecule has 1 amide bonds. The number of rotatable bonds is 7. The summed E-state index contributed by atoms with van der Waals surface area (Å²) in [5, 5.41) is 28.4. The maximum atomic E-state index is 10.8. The summed E-state index contributed by atoms with van der Waals surface area (Å²) in [7, 11) is 1.40. The third kappa shape index (κ3) is 4.22. The van der Waals surface area contributed by atoms with E-state index in [9.17, 15) is 19.8 Å².